The van der Waals surface area contributed by atoms with E-state index >= 15 is 0 Å². The molecule has 1 amide bonds. The third kappa shape index (κ3) is 3.95. The van der Waals surface area contributed by atoms with Crippen molar-refractivity contribution < 1.29 is 4.79 Å². The molecule has 0 unspecified atom stereocenters. The molecule has 1 heterocycles. The Morgan fingerprint density at radius 1 is 1.15 bits per heavy atom. The molecule has 1 N–H and O–H groups in total. The number of carbonyl (C=O) groups is 1. The van der Waals surface area contributed by atoms with E-state index in [9.17, 15) is 4.79 Å². The van der Waals surface area contributed by atoms with E-state index in [1.807, 2.05) is 48.9 Å². The van der Waals surface area contributed by atoms with Gasteiger partial charge in [-0.05, 0) is 59.6 Å². The van der Waals surface area contributed by atoms with Crippen LogP contribution < -0.4 is 5.32 Å². The number of carbonyl (C=O) groups excluding carboxylic acids is 1. The van der Waals surface area contributed by atoms with Gasteiger partial charge in [0.2, 0.25) is 0 Å². The second-order valence-electron chi connectivity index (χ2n) is 5.89. The molecule has 3 rings (SSSR count). The zero-order valence-electron chi connectivity index (χ0n) is 14.2. The molecular weight excluding hydrogens is 437 g/mol. The predicted octanol–water partition coefficient (Wildman–Crippen LogP) is 5.87. The zero-order valence-corrected chi connectivity index (χ0v) is 17.3. The average Bonchev–Trinajstić information content (AvgIpc) is 2.86. The number of aromatic nitrogens is 2. The fraction of sp³-hybridized carbons (Fsp3) is 0.158. The van der Waals surface area contributed by atoms with E-state index in [-0.39, 0.29) is 5.91 Å². The monoisotopic (exact) mass is 451 g/mol. The SMILES string of the molecule is Cc1nn(Cc2ccc(Cl)c(Cl)c2)c(C)c1NC(=O)c1ccccc1Br. The minimum Gasteiger partial charge on any atom is -0.319 e. The lowest BCUT2D eigenvalue weighted by molar-refractivity contribution is 0.102. The normalized spacial score (nSPS) is 10.8. The van der Waals surface area contributed by atoms with Crippen LogP contribution in [0.4, 0.5) is 5.69 Å². The second-order valence-corrected chi connectivity index (χ2v) is 7.55. The van der Waals surface area contributed by atoms with Crippen LogP contribution >= 0.6 is 39.1 Å². The van der Waals surface area contributed by atoms with E-state index in [0.29, 0.717) is 27.8 Å². The summed E-state index contributed by atoms with van der Waals surface area (Å²) in [5.74, 6) is -0.183. The number of hydrogen-bond donors (Lipinski definition) is 1. The van der Waals surface area contributed by atoms with Crippen LogP contribution in [0.3, 0.4) is 0 Å². The second kappa shape index (κ2) is 7.82. The van der Waals surface area contributed by atoms with E-state index in [2.05, 4.69) is 26.3 Å². The molecule has 1 aromatic heterocycles. The Hall–Kier alpha value is -1.82. The van der Waals surface area contributed by atoms with Gasteiger partial charge in [-0.15, -0.1) is 0 Å². The molecule has 0 saturated heterocycles. The highest BCUT2D eigenvalue weighted by atomic mass is 79.9. The Morgan fingerprint density at radius 3 is 2.58 bits per heavy atom. The number of amides is 1. The molecule has 7 heteroatoms. The fourth-order valence-electron chi connectivity index (χ4n) is 2.67. The molecule has 0 spiro atoms. The molecule has 0 bridgehead atoms. The third-order valence-corrected chi connectivity index (χ3v) is 5.49. The summed E-state index contributed by atoms with van der Waals surface area (Å²) in [6.07, 6.45) is 0. The van der Waals surface area contributed by atoms with Crippen molar-refractivity contribution in [3.8, 4) is 0 Å². The Labute approximate surface area is 170 Å². The molecular formula is C19H16BrCl2N3O. The van der Waals surface area contributed by atoms with Crippen LogP contribution in [-0.4, -0.2) is 15.7 Å². The van der Waals surface area contributed by atoms with Crippen LogP contribution in [0.5, 0.6) is 0 Å². The standard InChI is InChI=1S/C19H16BrCl2N3O/c1-11-18(23-19(26)14-5-3-4-6-15(14)20)12(2)25(24-11)10-13-7-8-16(21)17(22)9-13/h3-9H,10H2,1-2H3,(H,23,26). The number of halogens is 3. The van der Waals surface area contributed by atoms with Gasteiger partial charge in [0.25, 0.3) is 5.91 Å². The van der Waals surface area contributed by atoms with Crippen molar-refractivity contribution in [2.75, 3.05) is 5.32 Å². The Morgan fingerprint density at radius 2 is 1.88 bits per heavy atom. The highest BCUT2D eigenvalue weighted by molar-refractivity contribution is 9.10. The fourth-order valence-corrected chi connectivity index (χ4v) is 3.45. The largest absolute Gasteiger partial charge is 0.319 e. The van der Waals surface area contributed by atoms with Crippen molar-refractivity contribution in [1.29, 1.82) is 0 Å². The van der Waals surface area contributed by atoms with E-state index in [4.69, 9.17) is 23.2 Å². The lowest BCUT2D eigenvalue weighted by Gasteiger charge is -2.09. The minimum atomic E-state index is -0.183. The van der Waals surface area contributed by atoms with Crippen molar-refractivity contribution in [2.45, 2.75) is 20.4 Å². The maximum Gasteiger partial charge on any atom is 0.256 e. The van der Waals surface area contributed by atoms with Gasteiger partial charge in [-0.3, -0.25) is 9.48 Å². The number of anilines is 1. The number of benzene rings is 2. The van der Waals surface area contributed by atoms with Crippen LogP contribution in [0, 0.1) is 13.8 Å². The van der Waals surface area contributed by atoms with Crippen molar-refractivity contribution in [3.05, 3.63) is 79.5 Å². The van der Waals surface area contributed by atoms with Gasteiger partial charge in [-0.2, -0.15) is 5.10 Å². The van der Waals surface area contributed by atoms with Crippen molar-refractivity contribution in [2.24, 2.45) is 0 Å². The quantitative estimate of drug-likeness (QED) is 0.538. The van der Waals surface area contributed by atoms with Crippen LogP contribution in [0.1, 0.15) is 27.3 Å². The lowest BCUT2D eigenvalue weighted by Crippen LogP contribution is -2.14. The topological polar surface area (TPSA) is 46.9 Å². The summed E-state index contributed by atoms with van der Waals surface area (Å²) in [6, 6.07) is 12.8. The number of nitrogens with one attached hydrogen (secondary N) is 1. The van der Waals surface area contributed by atoms with Crippen molar-refractivity contribution >= 4 is 50.7 Å². The first kappa shape index (κ1) is 19.0. The summed E-state index contributed by atoms with van der Waals surface area (Å²) in [6.45, 7) is 4.33. The zero-order chi connectivity index (χ0) is 18.8. The van der Waals surface area contributed by atoms with Gasteiger partial charge < -0.3 is 5.32 Å². The number of aryl methyl sites for hydroxylation is 1. The highest BCUT2D eigenvalue weighted by Gasteiger charge is 2.17. The third-order valence-electron chi connectivity index (χ3n) is 4.05. The smallest absolute Gasteiger partial charge is 0.256 e. The summed E-state index contributed by atoms with van der Waals surface area (Å²) in [7, 11) is 0. The first-order valence-electron chi connectivity index (χ1n) is 7.90. The number of rotatable bonds is 4. The van der Waals surface area contributed by atoms with E-state index in [1.165, 1.54) is 0 Å². The van der Waals surface area contributed by atoms with Gasteiger partial charge >= 0.3 is 0 Å². The lowest BCUT2D eigenvalue weighted by atomic mass is 10.2. The molecule has 134 valence electrons. The summed E-state index contributed by atoms with van der Waals surface area (Å²) < 4.78 is 2.58. The molecule has 0 aliphatic heterocycles. The highest BCUT2D eigenvalue weighted by Crippen LogP contribution is 2.26. The van der Waals surface area contributed by atoms with Crippen molar-refractivity contribution in [3.63, 3.8) is 0 Å². The number of hydrogen-bond acceptors (Lipinski definition) is 2. The first-order chi connectivity index (χ1) is 12.4. The van der Waals surface area contributed by atoms with Gasteiger partial charge in [-0.1, -0.05) is 41.4 Å². The van der Waals surface area contributed by atoms with E-state index in [0.717, 1.165) is 21.4 Å². The van der Waals surface area contributed by atoms with E-state index in [1.54, 1.807) is 12.1 Å². The molecule has 0 aliphatic rings. The summed E-state index contributed by atoms with van der Waals surface area (Å²) in [5, 5.41) is 8.53. The van der Waals surface area contributed by atoms with Crippen LogP contribution in [0.2, 0.25) is 10.0 Å². The summed E-state index contributed by atoms with van der Waals surface area (Å²) in [5.41, 5.74) is 3.89. The van der Waals surface area contributed by atoms with Crippen LogP contribution in [-0.2, 0) is 6.54 Å². The Kier molecular flexibility index (Phi) is 5.70. The molecule has 0 fully saturated rings. The van der Waals surface area contributed by atoms with Gasteiger partial charge in [-0.25, -0.2) is 0 Å². The maximum absolute atomic E-state index is 12.6. The van der Waals surface area contributed by atoms with E-state index < -0.39 is 0 Å². The molecule has 0 radical (unpaired) electrons. The first-order valence-corrected chi connectivity index (χ1v) is 9.45. The van der Waals surface area contributed by atoms with Gasteiger partial charge in [0.05, 0.1) is 39.2 Å². The van der Waals surface area contributed by atoms with Crippen LogP contribution in [0.15, 0.2) is 46.9 Å². The molecule has 26 heavy (non-hydrogen) atoms. The Bertz CT molecular complexity index is 985. The van der Waals surface area contributed by atoms with Crippen LogP contribution in [0.25, 0.3) is 0 Å². The summed E-state index contributed by atoms with van der Waals surface area (Å²) >= 11 is 15.5. The molecule has 2 aromatic carbocycles. The molecule has 0 atom stereocenters. The predicted molar refractivity (Wildman–Crippen MR) is 109 cm³/mol. The van der Waals surface area contributed by atoms with Gasteiger partial charge in [0, 0.05) is 4.47 Å². The minimum absolute atomic E-state index is 0.183. The van der Waals surface area contributed by atoms with Crippen molar-refractivity contribution in [1.82, 2.24) is 9.78 Å². The van der Waals surface area contributed by atoms with Gasteiger partial charge in [0.15, 0.2) is 0 Å². The summed E-state index contributed by atoms with van der Waals surface area (Å²) in [4.78, 5) is 12.6. The molecule has 0 aliphatic carbocycles. The maximum atomic E-state index is 12.6. The Balaban J connectivity index is 1.85. The van der Waals surface area contributed by atoms with Gasteiger partial charge in [0.1, 0.15) is 0 Å². The molecule has 0 saturated carbocycles. The molecule has 4 nitrogen and oxygen atoms in total. The average molecular weight is 453 g/mol. The molecule has 3 aromatic rings. The number of nitrogens with zero attached hydrogens (tertiary/aromatic N) is 2.